The monoisotopic (exact) mass is 183 g/mol. The molecule has 11 heavy (non-hydrogen) atoms. The molecule has 0 saturated carbocycles. The fraction of sp³-hybridized carbons (Fsp3) is 1.00. The van der Waals surface area contributed by atoms with Gasteiger partial charge in [0.05, 0.1) is 19.6 Å². The maximum Gasteiger partial charge on any atom is 0.287 e. The van der Waals surface area contributed by atoms with Gasteiger partial charge in [-0.1, -0.05) is 0 Å². The molecule has 5 heteroatoms. The van der Waals surface area contributed by atoms with E-state index in [1.165, 1.54) is 0 Å². The number of hydrogen-bond acceptors (Lipinski definition) is 3. The predicted molar refractivity (Wildman–Crippen MR) is 47.2 cm³/mol. The van der Waals surface area contributed by atoms with Gasteiger partial charge in [-0.15, -0.1) is 0 Å². The molecule has 0 heterocycles. The Morgan fingerprint density at radius 3 is 1.27 bits per heavy atom. The highest BCUT2D eigenvalue weighted by molar-refractivity contribution is 7.66. The smallest absolute Gasteiger partial charge is 0.287 e. The molecule has 3 N–H and O–H groups in total. The van der Waals surface area contributed by atoms with Crippen molar-refractivity contribution in [2.24, 2.45) is 0 Å². The van der Waals surface area contributed by atoms with Gasteiger partial charge >= 0.3 is 0 Å². The first kappa shape index (κ1) is 13.5. The normalized spacial score (nSPS) is 11.3. The number of nitrogens with zero attached hydrogens (tertiary/aromatic N) is 1. The summed E-state index contributed by atoms with van der Waals surface area (Å²) >= 11 is 0. The first-order chi connectivity index (χ1) is 4.63. The Kier molecular flexibility index (Phi) is 6.74. The Morgan fingerprint density at radius 1 is 1.00 bits per heavy atom. The van der Waals surface area contributed by atoms with Gasteiger partial charge in [0.1, 0.15) is 0 Å². The Hall–Kier alpha value is -0.130. The van der Waals surface area contributed by atoms with E-state index in [0.29, 0.717) is 19.6 Å². The number of thiol groups is 1. The largest absolute Gasteiger partial charge is 0.344 e. The van der Waals surface area contributed by atoms with Crippen LogP contribution >= 0.6 is 0 Å². The summed E-state index contributed by atoms with van der Waals surface area (Å²) in [7, 11) is -2.31. The van der Waals surface area contributed by atoms with Crippen LogP contribution in [0.25, 0.3) is 0 Å². The lowest BCUT2D eigenvalue weighted by Gasteiger charge is -2.27. The molecule has 0 bridgehead atoms. The lowest BCUT2D eigenvalue weighted by atomic mass is 10.5. The van der Waals surface area contributed by atoms with Crippen molar-refractivity contribution < 1.29 is 12.3 Å². The summed E-state index contributed by atoms with van der Waals surface area (Å²) in [4.78, 5) is 0. The van der Waals surface area contributed by atoms with Crippen LogP contribution in [-0.2, 0) is 10.9 Å². The molecule has 70 valence electrons. The molecular formula is C6H19N2O2S+. The van der Waals surface area contributed by atoms with Gasteiger partial charge in [-0.05, 0) is 20.8 Å². The van der Waals surface area contributed by atoms with Crippen LogP contribution in [0.5, 0.6) is 0 Å². The first-order valence-electron chi connectivity index (χ1n) is 3.64. The quantitative estimate of drug-likeness (QED) is 0.494. The van der Waals surface area contributed by atoms with Crippen molar-refractivity contribution in [3.05, 3.63) is 0 Å². The maximum atomic E-state index is 10.7. The van der Waals surface area contributed by atoms with E-state index >= 15 is 0 Å². The van der Waals surface area contributed by atoms with Gasteiger partial charge in [-0.3, -0.25) is 0 Å². The topological polar surface area (TPSA) is 69.1 Å². The zero-order chi connectivity index (χ0) is 8.20. The second-order valence-corrected chi connectivity index (χ2v) is 3.61. The number of quaternary nitrogens is 1. The fourth-order valence-electron chi connectivity index (χ4n) is 1.02. The number of rotatable bonds is 4. The molecule has 0 spiro atoms. The van der Waals surface area contributed by atoms with E-state index in [9.17, 15) is 8.42 Å². The third kappa shape index (κ3) is 2.76. The molecule has 0 amide bonds. The second kappa shape index (κ2) is 5.51. The van der Waals surface area contributed by atoms with E-state index in [1.807, 2.05) is 20.8 Å². The Labute approximate surface area is 70.5 Å². The molecule has 0 aliphatic heterocycles. The third-order valence-electron chi connectivity index (χ3n) is 2.11. The average molecular weight is 183 g/mol. The highest BCUT2D eigenvalue weighted by Crippen LogP contribution is 2.04. The van der Waals surface area contributed by atoms with Crippen LogP contribution in [-0.4, -0.2) is 31.9 Å². The lowest BCUT2D eigenvalue weighted by molar-refractivity contribution is -0.796. The lowest BCUT2D eigenvalue weighted by Crippen LogP contribution is -2.45. The van der Waals surface area contributed by atoms with E-state index in [4.69, 9.17) is 0 Å². The van der Waals surface area contributed by atoms with Gasteiger partial charge in [-0.2, -0.15) is 8.42 Å². The van der Waals surface area contributed by atoms with Gasteiger partial charge in [0.2, 0.25) is 0 Å². The van der Waals surface area contributed by atoms with Crippen molar-refractivity contribution in [3.8, 4) is 0 Å². The molecule has 0 aromatic carbocycles. The van der Waals surface area contributed by atoms with Crippen molar-refractivity contribution in [2.45, 2.75) is 20.8 Å². The van der Waals surface area contributed by atoms with E-state index in [2.05, 4.69) is 0 Å². The van der Waals surface area contributed by atoms with Crippen molar-refractivity contribution >= 4 is 10.9 Å². The molecule has 0 unspecified atom stereocenters. The van der Waals surface area contributed by atoms with Crippen molar-refractivity contribution in [1.82, 2.24) is 6.15 Å². The minimum absolute atomic E-state index is 0. The van der Waals surface area contributed by atoms with Crippen LogP contribution in [0.3, 0.4) is 0 Å². The van der Waals surface area contributed by atoms with Crippen LogP contribution in [0, 0.1) is 0 Å². The molecule has 0 aromatic rings. The SMILES string of the molecule is CC[N+](CC)(CC)[SH](=O)=O.N. The molecule has 4 nitrogen and oxygen atoms in total. The van der Waals surface area contributed by atoms with Crippen molar-refractivity contribution in [3.63, 3.8) is 0 Å². The Balaban J connectivity index is 0. The summed E-state index contributed by atoms with van der Waals surface area (Å²) in [6.07, 6.45) is 0. The Morgan fingerprint density at radius 2 is 1.27 bits per heavy atom. The van der Waals surface area contributed by atoms with E-state index in [-0.39, 0.29) is 10.0 Å². The van der Waals surface area contributed by atoms with Gasteiger partial charge in [0, 0.05) is 0 Å². The molecule has 0 saturated heterocycles. The van der Waals surface area contributed by atoms with Gasteiger partial charge < -0.3 is 6.15 Å². The van der Waals surface area contributed by atoms with Crippen LogP contribution in [0.4, 0.5) is 0 Å². The first-order valence-corrected chi connectivity index (χ1v) is 4.77. The molecule has 0 aliphatic carbocycles. The predicted octanol–water partition coefficient (Wildman–Crippen LogP) is 0.551. The van der Waals surface area contributed by atoms with Crippen LogP contribution in [0.1, 0.15) is 20.8 Å². The zero-order valence-corrected chi connectivity index (χ0v) is 8.43. The molecular weight excluding hydrogens is 164 g/mol. The molecule has 0 atom stereocenters. The highest BCUT2D eigenvalue weighted by Gasteiger charge is 2.22. The maximum absolute atomic E-state index is 10.7. The Bertz CT molecular complexity index is 148. The summed E-state index contributed by atoms with van der Waals surface area (Å²) in [5, 5.41) is 0. The van der Waals surface area contributed by atoms with E-state index < -0.39 is 10.9 Å². The van der Waals surface area contributed by atoms with E-state index in [1.54, 1.807) is 0 Å². The van der Waals surface area contributed by atoms with Crippen molar-refractivity contribution in [1.29, 1.82) is 0 Å². The minimum atomic E-state index is -2.31. The molecule has 0 fully saturated rings. The summed E-state index contributed by atoms with van der Waals surface area (Å²) in [5.74, 6) is 0. The van der Waals surface area contributed by atoms with Gasteiger partial charge in [0.25, 0.3) is 10.9 Å². The summed E-state index contributed by atoms with van der Waals surface area (Å²) in [5.41, 5.74) is 0. The second-order valence-electron chi connectivity index (χ2n) is 2.28. The fourth-order valence-corrected chi connectivity index (χ4v) is 1.71. The number of hydrogen-bond donors (Lipinski definition) is 2. The summed E-state index contributed by atoms with van der Waals surface area (Å²) in [6, 6.07) is 0. The molecule has 0 radical (unpaired) electrons. The van der Waals surface area contributed by atoms with Gasteiger partial charge in [-0.25, -0.2) is 3.89 Å². The van der Waals surface area contributed by atoms with Crippen LogP contribution in [0.2, 0.25) is 0 Å². The zero-order valence-electron chi connectivity index (χ0n) is 7.54. The average Bonchev–Trinajstić information content (AvgIpc) is 1.92. The highest BCUT2D eigenvalue weighted by atomic mass is 32.2. The van der Waals surface area contributed by atoms with E-state index in [0.717, 1.165) is 0 Å². The molecule has 0 rings (SSSR count). The standard InChI is InChI=1S/C6H16NO2S.H3N/c1-4-7(5-2,6-3)10(8)9;/h10H,4-6H2,1-3H3;1H3/q+1;. The van der Waals surface area contributed by atoms with Gasteiger partial charge in [0.15, 0.2) is 0 Å². The van der Waals surface area contributed by atoms with Crippen molar-refractivity contribution in [2.75, 3.05) is 19.6 Å². The minimum Gasteiger partial charge on any atom is -0.344 e. The third-order valence-corrected chi connectivity index (χ3v) is 3.65. The van der Waals surface area contributed by atoms with Crippen LogP contribution in [0.15, 0.2) is 0 Å². The molecule has 0 aromatic heterocycles. The molecule has 0 aliphatic rings. The summed E-state index contributed by atoms with van der Waals surface area (Å²) < 4.78 is 21.7. The summed E-state index contributed by atoms with van der Waals surface area (Å²) in [6.45, 7) is 7.72. The van der Waals surface area contributed by atoms with Crippen LogP contribution < -0.4 is 6.15 Å².